The predicted molar refractivity (Wildman–Crippen MR) is 47.4 cm³/mol. The van der Waals surface area contributed by atoms with Crippen molar-refractivity contribution in [1.29, 1.82) is 0 Å². The highest BCUT2D eigenvalue weighted by Gasteiger charge is 2.38. The normalized spacial score (nSPS) is 24.0. The van der Waals surface area contributed by atoms with Crippen LogP contribution < -0.4 is 5.73 Å². The molecule has 0 spiro atoms. The first-order chi connectivity index (χ1) is 6.11. The molecule has 0 aliphatic carbocycles. The zero-order chi connectivity index (χ0) is 10.0. The topological polar surface area (TPSA) is 66.6 Å². The Labute approximate surface area is 77.4 Å². The largest absolute Gasteiger partial charge is 0.368 e. The maximum Gasteiger partial charge on any atom is 0.239 e. The van der Waals surface area contributed by atoms with E-state index in [-0.39, 0.29) is 12.3 Å². The highest BCUT2D eigenvalue weighted by atomic mass is 16.2. The Morgan fingerprint density at radius 1 is 1.54 bits per heavy atom. The van der Waals surface area contributed by atoms with E-state index in [2.05, 4.69) is 0 Å². The Morgan fingerprint density at radius 3 is 2.54 bits per heavy atom. The molecule has 2 amide bonds. The fourth-order valence-electron chi connectivity index (χ4n) is 1.68. The Kier molecular flexibility index (Phi) is 2.87. The number of primary amides is 1. The first-order valence-electron chi connectivity index (χ1n) is 4.48. The molecule has 0 aromatic rings. The molecule has 1 atom stereocenters. The van der Waals surface area contributed by atoms with E-state index in [1.807, 2.05) is 13.8 Å². The van der Waals surface area contributed by atoms with Gasteiger partial charge >= 0.3 is 0 Å². The molecule has 0 aromatic carbocycles. The van der Waals surface area contributed by atoms with Crippen LogP contribution in [-0.2, 0) is 9.59 Å². The van der Waals surface area contributed by atoms with Gasteiger partial charge in [-0.1, -0.05) is 6.92 Å². The van der Waals surface area contributed by atoms with Gasteiger partial charge < -0.3 is 5.73 Å². The molecule has 2 N–H and O–H groups in total. The summed E-state index contributed by atoms with van der Waals surface area (Å²) in [5.74, 6) is -0.445. The van der Waals surface area contributed by atoms with Crippen molar-refractivity contribution in [3.05, 3.63) is 0 Å². The fraction of sp³-hybridized carbons (Fsp3) is 0.750. The Bertz CT molecular complexity index is 229. The van der Waals surface area contributed by atoms with Crippen LogP contribution in [0.25, 0.3) is 0 Å². The van der Waals surface area contributed by atoms with E-state index < -0.39 is 11.9 Å². The average Bonchev–Trinajstić information content (AvgIpc) is 2.41. The molecule has 1 fully saturated rings. The lowest BCUT2D eigenvalue weighted by Gasteiger charge is -2.28. The predicted octanol–water partition coefficient (Wildman–Crippen LogP) is -0.671. The standard InChI is InChI=1S/C8H15N3O2/c1-3-10-6(8(9)13)5-7(12)11(10)4-2/h6H,3-5H2,1-2H3,(H2,9,13). The van der Waals surface area contributed by atoms with Crippen molar-refractivity contribution in [2.75, 3.05) is 13.1 Å². The summed E-state index contributed by atoms with van der Waals surface area (Å²) in [5.41, 5.74) is 5.18. The molecule has 0 radical (unpaired) electrons. The van der Waals surface area contributed by atoms with Gasteiger partial charge in [0.15, 0.2) is 0 Å². The number of likely N-dealkylation sites (N-methyl/N-ethyl adjacent to an activating group) is 1. The minimum Gasteiger partial charge on any atom is -0.368 e. The highest BCUT2D eigenvalue weighted by Crippen LogP contribution is 2.18. The smallest absolute Gasteiger partial charge is 0.239 e. The SMILES string of the molecule is CCN1C(=O)CC(C(N)=O)N1CC. The first-order valence-corrected chi connectivity index (χ1v) is 4.48. The van der Waals surface area contributed by atoms with E-state index in [1.165, 1.54) is 0 Å². The van der Waals surface area contributed by atoms with Crippen LogP contribution in [0.3, 0.4) is 0 Å². The van der Waals surface area contributed by atoms with Crippen molar-refractivity contribution in [2.24, 2.45) is 5.73 Å². The summed E-state index contributed by atoms with van der Waals surface area (Å²) in [6.07, 6.45) is 0.219. The number of hydrogen-bond donors (Lipinski definition) is 1. The minimum atomic E-state index is -0.447. The first kappa shape index (κ1) is 9.98. The summed E-state index contributed by atoms with van der Waals surface area (Å²) in [6.45, 7) is 5.00. The number of hydrazine groups is 1. The summed E-state index contributed by atoms with van der Waals surface area (Å²) in [6, 6.07) is -0.447. The van der Waals surface area contributed by atoms with Crippen LogP contribution in [0.15, 0.2) is 0 Å². The second kappa shape index (κ2) is 3.74. The van der Waals surface area contributed by atoms with Crippen LogP contribution in [0.2, 0.25) is 0 Å². The minimum absolute atomic E-state index is 0.0202. The van der Waals surface area contributed by atoms with Gasteiger partial charge in [0.05, 0.1) is 6.42 Å². The zero-order valence-corrected chi connectivity index (χ0v) is 7.99. The second-order valence-electron chi connectivity index (χ2n) is 2.99. The lowest BCUT2D eigenvalue weighted by Crippen LogP contribution is -2.47. The van der Waals surface area contributed by atoms with Crippen LogP contribution in [0.4, 0.5) is 0 Å². The van der Waals surface area contributed by atoms with E-state index in [0.717, 1.165) is 0 Å². The summed E-state index contributed by atoms with van der Waals surface area (Å²) >= 11 is 0. The van der Waals surface area contributed by atoms with E-state index in [1.54, 1.807) is 10.0 Å². The van der Waals surface area contributed by atoms with Crippen LogP contribution in [-0.4, -0.2) is 41.0 Å². The Morgan fingerprint density at radius 2 is 2.15 bits per heavy atom. The molecule has 1 aliphatic rings. The third-order valence-electron chi connectivity index (χ3n) is 2.28. The molecule has 1 unspecified atom stereocenters. The molecule has 5 nitrogen and oxygen atoms in total. The molecule has 1 aliphatic heterocycles. The van der Waals surface area contributed by atoms with Gasteiger partial charge in [0.1, 0.15) is 6.04 Å². The third kappa shape index (κ3) is 1.65. The van der Waals surface area contributed by atoms with Gasteiger partial charge in [0, 0.05) is 13.1 Å². The third-order valence-corrected chi connectivity index (χ3v) is 2.28. The number of nitrogens with two attached hydrogens (primary N) is 1. The molecule has 74 valence electrons. The number of rotatable bonds is 3. The molecule has 1 saturated heterocycles. The van der Waals surface area contributed by atoms with Gasteiger partial charge in [-0.25, -0.2) is 5.01 Å². The quantitative estimate of drug-likeness (QED) is 0.634. The van der Waals surface area contributed by atoms with Crippen molar-refractivity contribution in [3.63, 3.8) is 0 Å². The van der Waals surface area contributed by atoms with Crippen LogP contribution in [0, 0.1) is 0 Å². The molecule has 0 aromatic heterocycles. The molecular formula is C8H15N3O2. The second-order valence-corrected chi connectivity index (χ2v) is 2.99. The van der Waals surface area contributed by atoms with Crippen molar-refractivity contribution >= 4 is 11.8 Å². The van der Waals surface area contributed by atoms with Crippen molar-refractivity contribution in [1.82, 2.24) is 10.0 Å². The molecular weight excluding hydrogens is 170 g/mol. The van der Waals surface area contributed by atoms with Gasteiger partial charge in [0.25, 0.3) is 0 Å². The number of hydrogen-bond acceptors (Lipinski definition) is 3. The lowest BCUT2D eigenvalue weighted by atomic mass is 10.2. The summed E-state index contributed by atoms with van der Waals surface area (Å²) < 4.78 is 0. The average molecular weight is 185 g/mol. The van der Waals surface area contributed by atoms with Crippen molar-refractivity contribution in [2.45, 2.75) is 26.3 Å². The maximum atomic E-state index is 11.4. The van der Waals surface area contributed by atoms with E-state index in [9.17, 15) is 9.59 Å². The number of amides is 2. The van der Waals surface area contributed by atoms with Crippen LogP contribution in [0.1, 0.15) is 20.3 Å². The van der Waals surface area contributed by atoms with Gasteiger partial charge in [-0.3, -0.25) is 14.6 Å². The number of carbonyl (C=O) groups is 2. The molecule has 1 heterocycles. The number of carbonyl (C=O) groups excluding carboxylic acids is 2. The van der Waals surface area contributed by atoms with Gasteiger partial charge in [-0.05, 0) is 6.92 Å². The van der Waals surface area contributed by atoms with Crippen molar-refractivity contribution in [3.8, 4) is 0 Å². The van der Waals surface area contributed by atoms with Crippen LogP contribution in [0.5, 0.6) is 0 Å². The maximum absolute atomic E-state index is 11.4. The summed E-state index contributed by atoms with van der Waals surface area (Å²) in [4.78, 5) is 22.3. The van der Waals surface area contributed by atoms with Crippen molar-refractivity contribution < 1.29 is 9.59 Å². The van der Waals surface area contributed by atoms with Gasteiger partial charge in [0.2, 0.25) is 11.8 Å². The van der Waals surface area contributed by atoms with Crippen LogP contribution >= 0.6 is 0 Å². The van der Waals surface area contributed by atoms with Gasteiger partial charge in [-0.2, -0.15) is 0 Å². The van der Waals surface area contributed by atoms with E-state index >= 15 is 0 Å². The lowest BCUT2D eigenvalue weighted by molar-refractivity contribution is -0.139. The zero-order valence-electron chi connectivity index (χ0n) is 7.99. The van der Waals surface area contributed by atoms with E-state index in [0.29, 0.717) is 13.1 Å². The van der Waals surface area contributed by atoms with E-state index in [4.69, 9.17) is 5.73 Å². The molecule has 13 heavy (non-hydrogen) atoms. The summed E-state index contributed by atoms with van der Waals surface area (Å²) in [5, 5.41) is 3.31. The molecule has 1 rings (SSSR count). The number of nitrogens with zero attached hydrogens (tertiary/aromatic N) is 2. The summed E-state index contributed by atoms with van der Waals surface area (Å²) in [7, 11) is 0. The monoisotopic (exact) mass is 185 g/mol. The Hall–Kier alpha value is -1.10. The highest BCUT2D eigenvalue weighted by molar-refractivity contribution is 5.89. The Balaban J connectivity index is 2.81. The molecule has 0 bridgehead atoms. The molecule has 0 saturated carbocycles. The van der Waals surface area contributed by atoms with Gasteiger partial charge in [-0.15, -0.1) is 0 Å². The molecule has 5 heteroatoms. The fourth-order valence-corrected chi connectivity index (χ4v) is 1.68.